The molecule has 20 heavy (non-hydrogen) atoms. The fourth-order valence-corrected chi connectivity index (χ4v) is 2.71. The second-order valence-electron chi connectivity index (χ2n) is 4.66. The number of hydrogen-bond donors (Lipinski definition) is 0. The second-order valence-corrected chi connectivity index (χ2v) is 5.90. The molecule has 0 radical (unpaired) electrons. The van der Waals surface area contributed by atoms with E-state index in [9.17, 15) is 4.79 Å². The van der Waals surface area contributed by atoms with Crippen LogP contribution >= 0.6 is 22.6 Å². The van der Waals surface area contributed by atoms with Crippen molar-refractivity contribution < 1.29 is 9.53 Å². The number of halogens is 1. The Labute approximate surface area is 132 Å². The van der Waals surface area contributed by atoms with Gasteiger partial charge in [0.2, 0.25) is 0 Å². The van der Waals surface area contributed by atoms with Crippen LogP contribution in [0.4, 0.5) is 0 Å². The van der Waals surface area contributed by atoms with Crippen LogP contribution in [0.2, 0.25) is 0 Å². The lowest BCUT2D eigenvalue weighted by molar-refractivity contribution is 0.0991. The molecule has 3 nitrogen and oxygen atoms in total. The van der Waals surface area contributed by atoms with Crippen molar-refractivity contribution in [1.29, 1.82) is 0 Å². The second kappa shape index (κ2) is 6.35. The first-order valence-electron chi connectivity index (χ1n) is 6.30. The summed E-state index contributed by atoms with van der Waals surface area (Å²) in [5.41, 5.74) is 3.41. The number of benzene rings is 1. The van der Waals surface area contributed by atoms with Crippen molar-refractivity contribution in [2.45, 2.75) is 20.3 Å². The Bertz CT molecular complexity index is 653. The van der Waals surface area contributed by atoms with E-state index < -0.39 is 0 Å². The maximum atomic E-state index is 12.3. The van der Waals surface area contributed by atoms with Crippen molar-refractivity contribution in [2.24, 2.45) is 0 Å². The highest BCUT2D eigenvalue weighted by Gasteiger charge is 2.14. The van der Waals surface area contributed by atoms with E-state index in [1.54, 1.807) is 13.3 Å². The van der Waals surface area contributed by atoms with Crippen LogP contribution in [0.25, 0.3) is 0 Å². The molecule has 1 heterocycles. The number of carbonyl (C=O) groups is 1. The Kier molecular flexibility index (Phi) is 4.75. The number of ether oxygens (including phenoxy) is 1. The Hall–Kier alpha value is -1.43. The van der Waals surface area contributed by atoms with E-state index >= 15 is 0 Å². The summed E-state index contributed by atoms with van der Waals surface area (Å²) in [6, 6.07) is 7.59. The number of hydrogen-bond acceptors (Lipinski definition) is 3. The monoisotopic (exact) mass is 381 g/mol. The molecule has 0 amide bonds. The molecule has 0 fully saturated rings. The van der Waals surface area contributed by atoms with Crippen LogP contribution < -0.4 is 4.74 Å². The lowest BCUT2D eigenvalue weighted by Crippen LogP contribution is -2.08. The SMILES string of the molecule is COc1c(C)cnc(CC(=O)c2cccc(I)c2)c1C. The van der Waals surface area contributed by atoms with Gasteiger partial charge in [-0.1, -0.05) is 12.1 Å². The van der Waals surface area contributed by atoms with Crippen LogP contribution in [0.3, 0.4) is 0 Å². The fourth-order valence-electron chi connectivity index (χ4n) is 2.17. The Morgan fingerprint density at radius 2 is 2.10 bits per heavy atom. The quantitative estimate of drug-likeness (QED) is 0.599. The van der Waals surface area contributed by atoms with E-state index in [1.165, 1.54) is 0 Å². The fraction of sp³-hybridized carbons (Fsp3) is 0.250. The van der Waals surface area contributed by atoms with E-state index in [-0.39, 0.29) is 5.78 Å². The highest BCUT2D eigenvalue weighted by atomic mass is 127. The number of Topliss-reactive ketones (excluding diaryl/α,β-unsaturated/α-hetero) is 1. The zero-order valence-corrected chi connectivity index (χ0v) is 13.9. The summed E-state index contributed by atoms with van der Waals surface area (Å²) in [7, 11) is 1.64. The molecule has 4 heteroatoms. The molecule has 0 aliphatic heterocycles. The standard InChI is InChI=1S/C16H16INO2/c1-10-9-18-14(11(2)16(10)20-3)8-15(19)12-5-4-6-13(17)7-12/h4-7,9H,8H2,1-3H3. The van der Waals surface area contributed by atoms with E-state index in [4.69, 9.17) is 4.74 Å². The molecule has 1 aromatic heterocycles. The Morgan fingerprint density at radius 3 is 2.75 bits per heavy atom. The Morgan fingerprint density at radius 1 is 1.35 bits per heavy atom. The number of ketones is 1. The minimum atomic E-state index is 0.0741. The highest BCUT2D eigenvalue weighted by molar-refractivity contribution is 14.1. The third-order valence-electron chi connectivity index (χ3n) is 3.22. The number of pyridine rings is 1. The van der Waals surface area contributed by atoms with Crippen LogP contribution in [-0.4, -0.2) is 17.9 Å². The summed E-state index contributed by atoms with van der Waals surface area (Å²) in [6.45, 7) is 3.89. The molecule has 0 saturated carbocycles. The molecule has 0 aliphatic carbocycles. The summed E-state index contributed by atoms with van der Waals surface area (Å²) in [5.74, 6) is 0.885. The third kappa shape index (κ3) is 3.17. The first-order chi connectivity index (χ1) is 9.52. The summed E-state index contributed by atoms with van der Waals surface area (Å²) in [4.78, 5) is 16.7. The zero-order valence-electron chi connectivity index (χ0n) is 11.7. The minimum Gasteiger partial charge on any atom is -0.496 e. The predicted octanol–water partition coefficient (Wildman–Crippen LogP) is 3.74. The van der Waals surface area contributed by atoms with Crippen molar-refractivity contribution in [1.82, 2.24) is 4.98 Å². The van der Waals surface area contributed by atoms with Gasteiger partial charge in [0.15, 0.2) is 5.78 Å². The topological polar surface area (TPSA) is 39.2 Å². The number of methoxy groups -OCH3 is 1. The average Bonchev–Trinajstić information content (AvgIpc) is 2.42. The molecule has 0 bridgehead atoms. The summed E-state index contributed by atoms with van der Waals surface area (Å²) in [5, 5.41) is 0. The van der Waals surface area contributed by atoms with E-state index in [0.717, 1.165) is 31.7 Å². The zero-order chi connectivity index (χ0) is 14.7. The van der Waals surface area contributed by atoms with E-state index in [1.807, 2.05) is 38.1 Å². The Balaban J connectivity index is 2.29. The normalized spacial score (nSPS) is 10.4. The van der Waals surface area contributed by atoms with Crippen molar-refractivity contribution >= 4 is 28.4 Å². The van der Waals surface area contributed by atoms with Crippen LogP contribution in [0.1, 0.15) is 27.2 Å². The molecule has 0 aliphatic rings. The molecule has 0 unspecified atom stereocenters. The lowest BCUT2D eigenvalue weighted by Gasteiger charge is -2.11. The van der Waals surface area contributed by atoms with Gasteiger partial charge in [-0.15, -0.1) is 0 Å². The van der Waals surface area contributed by atoms with E-state index in [0.29, 0.717) is 6.42 Å². The summed E-state index contributed by atoms with van der Waals surface area (Å²) >= 11 is 2.20. The maximum absolute atomic E-state index is 12.3. The van der Waals surface area contributed by atoms with E-state index in [2.05, 4.69) is 27.6 Å². The molecule has 2 aromatic rings. The lowest BCUT2D eigenvalue weighted by atomic mass is 10.0. The van der Waals surface area contributed by atoms with Gasteiger partial charge >= 0.3 is 0 Å². The van der Waals surface area contributed by atoms with Crippen molar-refractivity contribution in [3.05, 3.63) is 56.4 Å². The third-order valence-corrected chi connectivity index (χ3v) is 3.90. The average molecular weight is 381 g/mol. The minimum absolute atomic E-state index is 0.0741. The predicted molar refractivity (Wildman–Crippen MR) is 87.5 cm³/mol. The smallest absolute Gasteiger partial charge is 0.168 e. The molecular weight excluding hydrogens is 365 g/mol. The van der Waals surface area contributed by atoms with Crippen LogP contribution in [0.5, 0.6) is 5.75 Å². The first-order valence-corrected chi connectivity index (χ1v) is 7.38. The van der Waals surface area contributed by atoms with Gasteiger partial charge < -0.3 is 4.74 Å². The molecule has 0 atom stereocenters. The van der Waals surface area contributed by atoms with Gasteiger partial charge in [0.1, 0.15) is 5.75 Å². The molecule has 1 aromatic carbocycles. The van der Waals surface area contributed by atoms with Crippen molar-refractivity contribution in [3.8, 4) is 5.75 Å². The largest absolute Gasteiger partial charge is 0.496 e. The van der Waals surface area contributed by atoms with Gasteiger partial charge in [0, 0.05) is 26.5 Å². The van der Waals surface area contributed by atoms with Crippen LogP contribution in [0, 0.1) is 17.4 Å². The molecule has 104 valence electrons. The van der Waals surface area contributed by atoms with Gasteiger partial charge in [-0.25, -0.2) is 0 Å². The highest BCUT2D eigenvalue weighted by Crippen LogP contribution is 2.24. The number of aromatic nitrogens is 1. The molecule has 0 N–H and O–H groups in total. The van der Waals surface area contributed by atoms with Gasteiger partial charge in [0.05, 0.1) is 19.2 Å². The molecular formula is C16H16INO2. The van der Waals surface area contributed by atoms with Crippen molar-refractivity contribution in [2.75, 3.05) is 7.11 Å². The number of aryl methyl sites for hydroxylation is 1. The van der Waals surface area contributed by atoms with Crippen LogP contribution in [-0.2, 0) is 6.42 Å². The summed E-state index contributed by atoms with van der Waals surface area (Å²) < 4.78 is 6.43. The number of carbonyl (C=O) groups excluding carboxylic acids is 1. The number of rotatable bonds is 4. The number of nitrogens with zero attached hydrogens (tertiary/aromatic N) is 1. The summed E-state index contributed by atoms with van der Waals surface area (Å²) in [6.07, 6.45) is 2.05. The van der Waals surface area contributed by atoms with Crippen molar-refractivity contribution in [3.63, 3.8) is 0 Å². The van der Waals surface area contributed by atoms with Gasteiger partial charge in [-0.05, 0) is 48.6 Å². The van der Waals surface area contributed by atoms with Gasteiger partial charge in [0.25, 0.3) is 0 Å². The first kappa shape index (κ1) is 15.0. The molecule has 0 spiro atoms. The molecule has 2 rings (SSSR count). The maximum Gasteiger partial charge on any atom is 0.168 e. The van der Waals surface area contributed by atoms with Crippen LogP contribution in [0.15, 0.2) is 30.5 Å². The van der Waals surface area contributed by atoms with Gasteiger partial charge in [-0.2, -0.15) is 0 Å². The molecule has 0 saturated heterocycles. The van der Waals surface area contributed by atoms with Gasteiger partial charge in [-0.3, -0.25) is 9.78 Å².